The van der Waals surface area contributed by atoms with Gasteiger partial charge in [0.1, 0.15) is 16.2 Å². The lowest BCUT2D eigenvalue weighted by atomic mass is 10.0. The number of ether oxygens (including phenoxy) is 1. The van der Waals surface area contributed by atoms with E-state index in [0.717, 1.165) is 19.3 Å². The van der Waals surface area contributed by atoms with Crippen molar-refractivity contribution in [2.75, 3.05) is 25.5 Å². The van der Waals surface area contributed by atoms with Crippen LogP contribution in [0.25, 0.3) is 0 Å². The van der Waals surface area contributed by atoms with E-state index in [9.17, 15) is 13.2 Å². The topological polar surface area (TPSA) is 102 Å². The predicted molar refractivity (Wildman–Crippen MR) is 109 cm³/mol. The van der Waals surface area contributed by atoms with Crippen molar-refractivity contribution in [3.05, 3.63) is 35.2 Å². The molecule has 2 aromatic rings. The van der Waals surface area contributed by atoms with Crippen LogP contribution in [0.1, 0.15) is 60.8 Å². The number of amides is 1. The molecule has 158 valence electrons. The van der Waals surface area contributed by atoms with Crippen molar-refractivity contribution in [3.8, 4) is 5.75 Å². The maximum Gasteiger partial charge on any atom is 0.261 e. The molecule has 1 N–H and O–H groups in total. The average Bonchev–Trinajstić information content (AvgIpc) is 3.10. The number of methoxy groups -OCH3 is 1. The summed E-state index contributed by atoms with van der Waals surface area (Å²) < 4.78 is 38.3. The molecule has 1 saturated heterocycles. The van der Waals surface area contributed by atoms with E-state index in [2.05, 4.69) is 10.5 Å². The van der Waals surface area contributed by atoms with Gasteiger partial charge in [0.2, 0.25) is 10.0 Å². The summed E-state index contributed by atoms with van der Waals surface area (Å²) in [6, 6.07) is 4.61. The molecule has 0 aliphatic carbocycles. The van der Waals surface area contributed by atoms with Crippen LogP contribution in [-0.2, 0) is 10.0 Å². The Labute approximate surface area is 171 Å². The van der Waals surface area contributed by atoms with Gasteiger partial charge in [-0.15, -0.1) is 0 Å². The van der Waals surface area contributed by atoms with Crippen molar-refractivity contribution >= 4 is 21.6 Å². The lowest BCUT2D eigenvalue weighted by Crippen LogP contribution is -2.35. The molecule has 1 fully saturated rings. The Kier molecular flexibility index (Phi) is 6.28. The Morgan fingerprint density at radius 2 is 1.93 bits per heavy atom. The maximum absolute atomic E-state index is 13.1. The first-order valence-corrected chi connectivity index (χ1v) is 11.2. The Morgan fingerprint density at radius 3 is 2.55 bits per heavy atom. The smallest absolute Gasteiger partial charge is 0.261 e. The van der Waals surface area contributed by atoms with E-state index in [1.807, 2.05) is 13.8 Å². The number of carbonyl (C=O) groups excluding carboxylic acids is 1. The minimum atomic E-state index is -3.72. The molecule has 1 aliphatic rings. The van der Waals surface area contributed by atoms with Gasteiger partial charge in [-0.25, -0.2) is 8.42 Å². The second-order valence-corrected chi connectivity index (χ2v) is 9.35. The van der Waals surface area contributed by atoms with Gasteiger partial charge in [-0.3, -0.25) is 4.79 Å². The number of aromatic nitrogens is 1. The standard InChI is InChI=1S/C20H27N3O5S/c1-13(2)19-18(14(3)22-28-19)20(24)21-15-8-9-16(27-4)17(12-15)29(25,26)23-10-6-5-7-11-23/h8-9,12-13H,5-7,10-11H2,1-4H3,(H,21,24). The molecule has 3 rings (SSSR count). The van der Waals surface area contributed by atoms with Crippen LogP contribution in [0.5, 0.6) is 5.75 Å². The molecule has 0 spiro atoms. The van der Waals surface area contributed by atoms with Gasteiger partial charge in [-0.1, -0.05) is 25.4 Å². The van der Waals surface area contributed by atoms with Gasteiger partial charge in [-0.05, 0) is 38.0 Å². The third-order valence-corrected chi connectivity index (χ3v) is 6.91. The zero-order valence-corrected chi connectivity index (χ0v) is 18.0. The van der Waals surface area contributed by atoms with Crippen molar-refractivity contribution in [1.82, 2.24) is 9.46 Å². The van der Waals surface area contributed by atoms with Gasteiger partial charge in [0.15, 0.2) is 5.76 Å². The second kappa shape index (κ2) is 8.54. The molecule has 2 heterocycles. The molecule has 29 heavy (non-hydrogen) atoms. The third kappa shape index (κ3) is 4.30. The molecule has 0 radical (unpaired) electrons. The molecule has 1 aromatic carbocycles. The number of anilines is 1. The van der Waals surface area contributed by atoms with Crippen LogP contribution in [0.15, 0.2) is 27.6 Å². The highest BCUT2D eigenvalue weighted by atomic mass is 32.2. The van der Waals surface area contributed by atoms with Gasteiger partial charge in [0, 0.05) is 24.7 Å². The molecule has 0 atom stereocenters. The second-order valence-electron chi connectivity index (χ2n) is 7.45. The SMILES string of the molecule is COc1ccc(NC(=O)c2c(C)noc2C(C)C)cc1S(=O)(=O)N1CCCCC1. The highest BCUT2D eigenvalue weighted by Gasteiger charge is 2.30. The fraction of sp³-hybridized carbons (Fsp3) is 0.500. The lowest BCUT2D eigenvalue weighted by Gasteiger charge is -2.26. The number of rotatable bonds is 6. The molecule has 9 heteroatoms. The van der Waals surface area contributed by atoms with Gasteiger partial charge in [0.25, 0.3) is 5.91 Å². The summed E-state index contributed by atoms with van der Waals surface area (Å²) in [4.78, 5) is 12.9. The summed E-state index contributed by atoms with van der Waals surface area (Å²) in [6.45, 7) is 6.49. The quantitative estimate of drug-likeness (QED) is 0.765. The summed E-state index contributed by atoms with van der Waals surface area (Å²) in [5.41, 5.74) is 1.22. The Hall–Kier alpha value is -2.39. The summed E-state index contributed by atoms with van der Waals surface area (Å²) in [7, 11) is -2.29. The van der Waals surface area contributed by atoms with Crippen molar-refractivity contribution in [2.24, 2.45) is 0 Å². The highest BCUT2D eigenvalue weighted by molar-refractivity contribution is 7.89. The number of aryl methyl sites for hydroxylation is 1. The van der Waals surface area contributed by atoms with Gasteiger partial charge < -0.3 is 14.6 Å². The number of nitrogens with zero attached hydrogens (tertiary/aromatic N) is 2. The van der Waals surface area contributed by atoms with Crippen LogP contribution in [0.4, 0.5) is 5.69 Å². The number of nitrogens with one attached hydrogen (secondary N) is 1. The van der Waals surface area contributed by atoms with E-state index in [0.29, 0.717) is 35.8 Å². The van der Waals surface area contributed by atoms with Crippen LogP contribution >= 0.6 is 0 Å². The predicted octanol–water partition coefficient (Wildman–Crippen LogP) is 3.54. The number of hydrogen-bond acceptors (Lipinski definition) is 6. The van der Waals surface area contributed by atoms with Crippen LogP contribution in [0.3, 0.4) is 0 Å². The van der Waals surface area contributed by atoms with Crippen molar-refractivity contribution in [3.63, 3.8) is 0 Å². The first kappa shape index (κ1) is 21.3. The number of carbonyl (C=O) groups is 1. The van der Waals surface area contributed by atoms with Gasteiger partial charge >= 0.3 is 0 Å². The largest absolute Gasteiger partial charge is 0.495 e. The van der Waals surface area contributed by atoms with E-state index < -0.39 is 10.0 Å². The summed E-state index contributed by atoms with van der Waals surface area (Å²) in [5, 5.41) is 6.66. The number of benzene rings is 1. The zero-order valence-electron chi connectivity index (χ0n) is 17.2. The lowest BCUT2D eigenvalue weighted by molar-refractivity contribution is 0.102. The molecular formula is C20H27N3O5S. The van der Waals surface area contributed by atoms with Crippen LogP contribution in [0.2, 0.25) is 0 Å². The number of piperidine rings is 1. The molecule has 8 nitrogen and oxygen atoms in total. The summed E-state index contributed by atoms with van der Waals surface area (Å²) in [6.07, 6.45) is 2.70. The molecule has 1 aromatic heterocycles. The zero-order chi connectivity index (χ0) is 21.2. The maximum atomic E-state index is 13.1. The number of hydrogen-bond donors (Lipinski definition) is 1. The molecule has 0 saturated carbocycles. The van der Waals surface area contributed by atoms with Crippen molar-refractivity contribution < 1.29 is 22.5 Å². The van der Waals surface area contributed by atoms with E-state index in [1.165, 1.54) is 17.5 Å². The van der Waals surface area contributed by atoms with Gasteiger partial charge in [0.05, 0.1) is 12.8 Å². The molecule has 1 amide bonds. The van der Waals surface area contributed by atoms with E-state index in [4.69, 9.17) is 9.26 Å². The monoisotopic (exact) mass is 421 g/mol. The first-order chi connectivity index (χ1) is 13.8. The van der Waals surface area contributed by atoms with Crippen LogP contribution in [0, 0.1) is 6.92 Å². The number of sulfonamides is 1. The van der Waals surface area contributed by atoms with Gasteiger partial charge in [-0.2, -0.15) is 4.31 Å². The molecule has 1 aliphatic heterocycles. The highest BCUT2D eigenvalue weighted by Crippen LogP contribution is 2.32. The first-order valence-electron chi connectivity index (χ1n) is 9.71. The minimum Gasteiger partial charge on any atom is -0.495 e. The molecule has 0 bridgehead atoms. The fourth-order valence-corrected chi connectivity index (χ4v) is 5.15. The van der Waals surface area contributed by atoms with E-state index >= 15 is 0 Å². The van der Waals surface area contributed by atoms with Crippen LogP contribution in [-0.4, -0.2) is 44.0 Å². The third-order valence-electron chi connectivity index (χ3n) is 4.99. The molecular weight excluding hydrogens is 394 g/mol. The summed E-state index contributed by atoms with van der Waals surface area (Å²) in [5.74, 6) is 0.342. The normalized spacial score (nSPS) is 15.5. The minimum absolute atomic E-state index is 0.0112. The van der Waals surface area contributed by atoms with E-state index in [-0.39, 0.29) is 22.5 Å². The van der Waals surface area contributed by atoms with E-state index in [1.54, 1.807) is 19.1 Å². The Bertz CT molecular complexity index is 992. The van der Waals surface area contributed by atoms with Crippen LogP contribution < -0.4 is 10.1 Å². The average molecular weight is 422 g/mol. The Morgan fingerprint density at radius 1 is 1.24 bits per heavy atom. The Balaban J connectivity index is 1.93. The fourth-order valence-electron chi connectivity index (χ4n) is 3.45. The summed E-state index contributed by atoms with van der Waals surface area (Å²) >= 11 is 0. The molecule has 0 unspecified atom stereocenters. The van der Waals surface area contributed by atoms with Crippen molar-refractivity contribution in [2.45, 2.75) is 50.8 Å². The van der Waals surface area contributed by atoms with Crippen molar-refractivity contribution in [1.29, 1.82) is 0 Å².